The van der Waals surface area contributed by atoms with Crippen molar-refractivity contribution in [1.29, 1.82) is 0 Å². The van der Waals surface area contributed by atoms with Gasteiger partial charge in [-0.25, -0.2) is 21.6 Å². The van der Waals surface area contributed by atoms with Crippen LogP contribution in [0.4, 0.5) is 18.9 Å². The van der Waals surface area contributed by atoms with E-state index in [2.05, 4.69) is 5.32 Å². The fourth-order valence-electron chi connectivity index (χ4n) is 1.04. The Morgan fingerprint density at radius 3 is 2.12 bits per heavy atom. The van der Waals surface area contributed by atoms with Crippen LogP contribution in [0, 0.1) is 17.5 Å². The van der Waals surface area contributed by atoms with Crippen LogP contribution in [0.5, 0.6) is 0 Å². The minimum absolute atomic E-state index is 0.0000463. The highest BCUT2D eigenvalue weighted by Gasteiger charge is 2.10. The van der Waals surface area contributed by atoms with E-state index in [-0.39, 0.29) is 18.0 Å². The van der Waals surface area contributed by atoms with E-state index in [0.29, 0.717) is 0 Å². The van der Waals surface area contributed by atoms with E-state index < -0.39 is 27.3 Å². The van der Waals surface area contributed by atoms with Crippen molar-refractivity contribution in [2.75, 3.05) is 23.9 Å². The van der Waals surface area contributed by atoms with Gasteiger partial charge in [-0.2, -0.15) is 0 Å². The molecule has 7 heteroatoms. The van der Waals surface area contributed by atoms with Crippen molar-refractivity contribution in [1.82, 2.24) is 0 Å². The highest BCUT2D eigenvalue weighted by atomic mass is 32.2. The summed E-state index contributed by atoms with van der Waals surface area (Å²) in [6, 6.07) is 1.53. The molecule has 0 saturated heterocycles. The van der Waals surface area contributed by atoms with E-state index in [9.17, 15) is 21.6 Å². The zero-order valence-electron chi connectivity index (χ0n) is 8.43. The van der Waals surface area contributed by atoms with Gasteiger partial charge in [-0.05, 0) is 0 Å². The minimum Gasteiger partial charge on any atom is -0.384 e. The molecule has 0 amide bonds. The Bertz CT molecular complexity index is 465. The van der Waals surface area contributed by atoms with Gasteiger partial charge in [0.05, 0.1) is 5.75 Å². The topological polar surface area (TPSA) is 46.2 Å². The van der Waals surface area contributed by atoms with Crippen LogP contribution in [0.1, 0.15) is 0 Å². The molecule has 1 N–H and O–H groups in total. The summed E-state index contributed by atoms with van der Waals surface area (Å²) in [6.07, 6.45) is 1.04. The first-order chi connectivity index (χ1) is 7.29. The summed E-state index contributed by atoms with van der Waals surface area (Å²) >= 11 is 0. The van der Waals surface area contributed by atoms with Gasteiger partial charge in [0.2, 0.25) is 0 Å². The average molecular weight is 253 g/mol. The molecule has 1 aromatic carbocycles. The second kappa shape index (κ2) is 4.73. The lowest BCUT2D eigenvalue weighted by atomic mass is 10.3. The summed E-state index contributed by atoms with van der Waals surface area (Å²) in [5, 5.41) is 2.48. The van der Waals surface area contributed by atoms with Crippen molar-refractivity contribution in [3.05, 3.63) is 29.6 Å². The second-order valence-corrected chi connectivity index (χ2v) is 5.57. The third-order valence-corrected chi connectivity index (χ3v) is 2.73. The van der Waals surface area contributed by atoms with Gasteiger partial charge in [0.15, 0.2) is 17.5 Å². The van der Waals surface area contributed by atoms with Crippen LogP contribution in [0.3, 0.4) is 0 Å². The summed E-state index contributed by atoms with van der Waals surface area (Å²) in [6.45, 7) is 0.00332. The summed E-state index contributed by atoms with van der Waals surface area (Å²) in [5.74, 6) is -4.36. The van der Waals surface area contributed by atoms with Crippen LogP contribution in [-0.4, -0.2) is 27.0 Å². The molecule has 0 aliphatic heterocycles. The highest BCUT2D eigenvalue weighted by Crippen LogP contribution is 2.16. The Balaban J connectivity index is 2.69. The molecule has 0 aromatic heterocycles. The molecule has 0 bridgehead atoms. The van der Waals surface area contributed by atoms with Crippen molar-refractivity contribution < 1.29 is 21.6 Å². The molecule has 0 saturated carbocycles. The maximum atomic E-state index is 12.7. The molecular formula is C9H10F3NO2S. The molecule has 0 radical (unpaired) electrons. The Morgan fingerprint density at radius 2 is 1.69 bits per heavy atom. The number of hydrogen-bond acceptors (Lipinski definition) is 3. The number of anilines is 1. The van der Waals surface area contributed by atoms with Gasteiger partial charge in [-0.15, -0.1) is 0 Å². The van der Waals surface area contributed by atoms with E-state index in [1.54, 1.807) is 0 Å². The quantitative estimate of drug-likeness (QED) is 0.828. The Morgan fingerprint density at radius 1 is 1.19 bits per heavy atom. The normalized spacial score (nSPS) is 11.5. The predicted molar refractivity (Wildman–Crippen MR) is 54.5 cm³/mol. The molecule has 0 aliphatic carbocycles. The maximum Gasteiger partial charge on any atom is 0.194 e. The number of nitrogens with one attached hydrogen (secondary N) is 1. The summed E-state index contributed by atoms with van der Waals surface area (Å²) < 4.78 is 59.5. The molecule has 0 aliphatic rings. The van der Waals surface area contributed by atoms with Gasteiger partial charge >= 0.3 is 0 Å². The largest absolute Gasteiger partial charge is 0.384 e. The fourth-order valence-corrected chi connectivity index (χ4v) is 1.51. The molecule has 16 heavy (non-hydrogen) atoms. The molecule has 0 unspecified atom stereocenters. The van der Waals surface area contributed by atoms with Crippen molar-refractivity contribution in [2.24, 2.45) is 0 Å². The molecule has 3 nitrogen and oxygen atoms in total. The highest BCUT2D eigenvalue weighted by molar-refractivity contribution is 7.90. The van der Waals surface area contributed by atoms with Crippen LogP contribution in [-0.2, 0) is 9.84 Å². The lowest BCUT2D eigenvalue weighted by Crippen LogP contribution is -2.14. The number of rotatable bonds is 4. The molecule has 0 atom stereocenters. The van der Waals surface area contributed by atoms with Crippen molar-refractivity contribution in [2.45, 2.75) is 0 Å². The fraction of sp³-hybridized carbons (Fsp3) is 0.333. The minimum atomic E-state index is -3.15. The first-order valence-corrected chi connectivity index (χ1v) is 6.42. The number of benzene rings is 1. The zero-order valence-corrected chi connectivity index (χ0v) is 9.24. The van der Waals surface area contributed by atoms with Gasteiger partial charge in [0, 0.05) is 30.6 Å². The molecule has 90 valence electrons. The molecule has 1 aromatic rings. The van der Waals surface area contributed by atoms with Crippen molar-refractivity contribution in [3.63, 3.8) is 0 Å². The molecule has 0 heterocycles. The molecular weight excluding hydrogens is 243 g/mol. The lowest BCUT2D eigenvalue weighted by molar-refractivity contribution is 0.448. The van der Waals surface area contributed by atoms with E-state index in [1.807, 2.05) is 0 Å². The van der Waals surface area contributed by atoms with E-state index in [4.69, 9.17) is 0 Å². The standard InChI is InChI=1S/C9H10F3NO2S/c1-16(14,15)3-2-13-6-4-7(10)9(12)8(11)5-6/h4-5,13H,2-3H2,1H3. The molecule has 1 rings (SSSR count). The van der Waals surface area contributed by atoms with Crippen molar-refractivity contribution >= 4 is 15.5 Å². The van der Waals surface area contributed by atoms with E-state index in [0.717, 1.165) is 18.4 Å². The Kier molecular flexibility index (Phi) is 3.79. The summed E-state index contributed by atoms with van der Waals surface area (Å²) in [7, 11) is -3.15. The lowest BCUT2D eigenvalue weighted by Gasteiger charge is -2.06. The number of halogens is 3. The molecule has 0 spiro atoms. The Hall–Kier alpha value is -1.24. The van der Waals surface area contributed by atoms with Crippen LogP contribution in [0.2, 0.25) is 0 Å². The van der Waals surface area contributed by atoms with Gasteiger partial charge in [0.25, 0.3) is 0 Å². The second-order valence-electron chi connectivity index (χ2n) is 3.31. The van der Waals surface area contributed by atoms with E-state index >= 15 is 0 Å². The van der Waals surface area contributed by atoms with Gasteiger partial charge in [-0.3, -0.25) is 0 Å². The third kappa shape index (κ3) is 3.73. The van der Waals surface area contributed by atoms with Gasteiger partial charge < -0.3 is 5.32 Å². The van der Waals surface area contributed by atoms with E-state index in [1.165, 1.54) is 0 Å². The molecule has 0 fully saturated rings. The van der Waals surface area contributed by atoms with Gasteiger partial charge in [-0.1, -0.05) is 0 Å². The predicted octanol–water partition coefficient (Wildman–Crippen LogP) is 1.56. The first-order valence-electron chi connectivity index (χ1n) is 4.36. The number of hydrogen-bond donors (Lipinski definition) is 1. The summed E-state index contributed by atoms with van der Waals surface area (Å²) in [5.41, 5.74) is 0.0000463. The van der Waals surface area contributed by atoms with Crippen molar-refractivity contribution in [3.8, 4) is 0 Å². The number of sulfone groups is 1. The van der Waals surface area contributed by atoms with Crippen LogP contribution < -0.4 is 5.32 Å². The monoisotopic (exact) mass is 253 g/mol. The maximum absolute atomic E-state index is 12.7. The smallest absolute Gasteiger partial charge is 0.194 e. The summed E-state index contributed by atoms with van der Waals surface area (Å²) in [4.78, 5) is 0. The van der Waals surface area contributed by atoms with Gasteiger partial charge in [0.1, 0.15) is 9.84 Å². The first kappa shape index (κ1) is 12.8. The van der Waals surface area contributed by atoms with Crippen LogP contribution >= 0.6 is 0 Å². The average Bonchev–Trinajstić information content (AvgIpc) is 2.12. The van der Waals surface area contributed by atoms with Crippen LogP contribution in [0.25, 0.3) is 0 Å². The Labute approximate surface area is 91.2 Å². The third-order valence-electron chi connectivity index (χ3n) is 1.79. The SMILES string of the molecule is CS(=O)(=O)CCNc1cc(F)c(F)c(F)c1. The zero-order chi connectivity index (χ0) is 12.3. The van der Waals surface area contributed by atoms with Crippen LogP contribution in [0.15, 0.2) is 12.1 Å².